The predicted molar refractivity (Wildman–Crippen MR) is 82.1 cm³/mol. The minimum Gasteiger partial charge on any atom is -0.494 e. The molecule has 0 aliphatic carbocycles. The minimum atomic E-state index is 0.661. The molecule has 2 aromatic rings. The minimum absolute atomic E-state index is 0.661. The summed E-state index contributed by atoms with van der Waals surface area (Å²) in [6.07, 6.45) is 7.09. The van der Waals surface area contributed by atoms with Crippen LogP contribution >= 0.6 is 0 Å². The molecule has 0 saturated carbocycles. The summed E-state index contributed by atoms with van der Waals surface area (Å²) in [6.45, 7) is 2.72. The average Bonchev–Trinajstić information content (AvgIpc) is 3.03. The van der Waals surface area contributed by atoms with Gasteiger partial charge in [0.05, 0.1) is 18.6 Å². The van der Waals surface area contributed by atoms with Crippen molar-refractivity contribution in [2.75, 3.05) is 6.61 Å². The largest absolute Gasteiger partial charge is 0.494 e. The third-order valence-electron chi connectivity index (χ3n) is 3.21. The molecular weight excluding hydrogens is 266 g/mol. The Balaban J connectivity index is 1.79. The number of aromatic amines is 1. The van der Waals surface area contributed by atoms with E-state index >= 15 is 0 Å². The van der Waals surface area contributed by atoms with Gasteiger partial charge in [0.2, 0.25) is 0 Å². The second kappa shape index (κ2) is 8.09. The summed E-state index contributed by atoms with van der Waals surface area (Å²) >= 11 is 0. The van der Waals surface area contributed by atoms with E-state index in [1.807, 2.05) is 30.5 Å². The summed E-state index contributed by atoms with van der Waals surface area (Å²) in [5, 5.41) is 12.3. The summed E-state index contributed by atoms with van der Waals surface area (Å²) in [7, 11) is 0. The quantitative estimate of drug-likeness (QED) is 0.338. The summed E-state index contributed by atoms with van der Waals surface area (Å²) in [5.74, 6) is 0.831. The van der Waals surface area contributed by atoms with Gasteiger partial charge in [-0.15, -0.1) is 0 Å². The Hall–Kier alpha value is -2.30. The third-order valence-corrected chi connectivity index (χ3v) is 3.21. The lowest BCUT2D eigenvalue weighted by molar-refractivity contribution is 0.310. The first-order chi connectivity index (χ1) is 10.3. The Morgan fingerprint density at radius 3 is 2.76 bits per heavy atom. The molecule has 0 spiro atoms. The second-order valence-corrected chi connectivity index (χ2v) is 4.85. The van der Waals surface area contributed by atoms with E-state index in [0.29, 0.717) is 12.3 Å². The lowest BCUT2D eigenvalue weighted by atomic mass is 10.1. The molecule has 0 amide bonds. The van der Waals surface area contributed by atoms with Crippen molar-refractivity contribution in [3.8, 4) is 5.75 Å². The van der Waals surface area contributed by atoms with Crippen molar-refractivity contribution >= 4 is 5.71 Å². The molecule has 0 unspecified atom stereocenters. The molecule has 0 atom stereocenters. The number of oxime groups is 1. The number of nitrogens with one attached hydrogen (secondary N) is 1. The first kappa shape index (κ1) is 15.1. The summed E-state index contributed by atoms with van der Waals surface area (Å²) in [6, 6.07) is 7.67. The average molecular weight is 287 g/mol. The fourth-order valence-corrected chi connectivity index (χ4v) is 2.11. The van der Waals surface area contributed by atoms with Gasteiger partial charge < -0.3 is 14.9 Å². The molecule has 0 bridgehead atoms. The van der Waals surface area contributed by atoms with E-state index in [4.69, 9.17) is 9.94 Å². The lowest BCUT2D eigenvalue weighted by Gasteiger charge is -2.07. The molecule has 0 aliphatic heterocycles. The Kier molecular flexibility index (Phi) is 5.82. The van der Waals surface area contributed by atoms with Crippen LogP contribution in [0.25, 0.3) is 0 Å². The molecule has 5 heteroatoms. The fraction of sp³-hybridized carbons (Fsp3) is 0.375. The Morgan fingerprint density at radius 1 is 1.33 bits per heavy atom. The van der Waals surface area contributed by atoms with Crippen molar-refractivity contribution in [2.24, 2.45) is 5.16 Å². The number of hydrogen-bond donors (Lipinski definition) is 2. The van der Waals surface area contributed by atoms with Gasteiger partial charge in [0.25, 0.3) is 0 Å². The zero-order chi connectivity index (χ0) is 14.9. The Morgan fingerprint density at radius 2 is 2.14 bits per heavy atom. The van der Waals surface area contributed by atoms with Crippen LogP contribution in [0.1, 0.15) is 37.4 Å². The zero-order valence-corrected chi connectivity index (χ0v) is 12.2. The molecule has 1 aromatic carbocycles. The highest BCUT2D eigenvalue weighted by Crippen LogP contribution is 2.15. The molecule has 0 radical (unpaired) electrons. The topological polar surface area (TPSA) is 70.5 Å². The van der Waals surface area contributed by atoms with Crippen LogP contribution in [0.4, 0.5) is 0 Å². The second-order valence-electron chi connectivity index (χ2n) is 4.85. The SMILES string of the molecule is CCC/C(=N\O)c1ccc(OCCCc2cnc[nH]2)cc1. The number of H-pyrrole nitrogens is 1. The van der Waals surface area contributed by atoms with E-state index in [9.17, 15) is 0 Å². The molecule has 0 fully saturated rings. The van der Waals surface area contributed by atoms with Crippen LogP contribution in [0.3, 0.4) is 0 Å². The fourth-order valence-electron chi connectivity index (χ4n) is 2.11. The van der Waals surface area contributed by atoms with Crippen molar-refractivity contribution in [2.45, 2.75) is 32.6 Å². The number of imidazole rings is 1. The van der Waals surface area contributed by atoms with Crippen molar-refractivity contribution < 1.29 is 9.94 Å². The predicted octanol–water partition coefficient (Wildman–Crippen LogP) is 3.40. The maximum absolute atomic E-state index is 8.99. The number of aromatic nitrogens is 2. The number of hydrogen-bond acceptors (Lipinski definition) is 4. The van der Waals surface area contributed by atoms with Gasteiger partial charge in [-0.2, -0.15) is 0 Å². The Labute approximate surface area is 124 Å². The van der Waals surface area contributed by atoms with Gasteiger partial charge in [-0.05, 0) is 49.1 Å². The maximum atomic E-state index is 8.99. The van der Waals surface area contributed by atoms with Crippen LogP contribution < -0.4 is 4.74 Å². The van der Waals surface area contributed by atoms with Gasteiger partial charge in [-0.1, -0.05) is 18.5 Å². The van der Waals surface area contributed by atoms with Crippen LogP contribution in [-0.2, 0) is 6.42 Å². The number of nitrogens with zero attached hydrogens (tertiary/aromatic N) is 2. The highest BCUT2D eigenvalue weighted by molar-refractivity contribution is 6.00. The van der Waals surface area contributed by atoms with E-state index in [1.54, 1.807) is 6.33 Å². The lowest BCUT2D eigenvalue weighted by Crippen LogP contribution is -2.02. The third kappa shape index (κ3) is 4.63. The van der Waals surface area contributed by atoms with Crippen molar-refractivity contribution in [1.29, 1.82) is 0 Å². The molecule has 1 aromatic heterocycles. The van der Waals surface area contributed by atoms with Crippen LogP contribution in [0.2, 0.25) is 0 Å². The summed E-state index contributed by atoms with van der Waals surface area (Å²) < 4.78 is 5.70. The molecule has 2 N–H and O–H groups in total. The molecule has 1 heterocycles. The van der Waals surface area contributed by atoms with Gasteiger partial charge in [0.15, 0.2) is 0 Å². The van der Waals surface area contributed by atoms with Crippen molar-refractivity contribution in [1.82, 2.24) is 9.97 Å². The smallest absolute Gasteiger partial charge is 0.119 e. The molecule has 112 valence electrons. The first-order valence-electron chi connectivity index (χ1n) is 7.25. The highest BCUT2D eigenvalue weighted by atomic mass is 16.5. The molecule has 5 nitrogen and oxygen atoms in total. The maximum Gasteiger partial charge on any atom is 0.119 e. The van der Waals surface area contributed by atoms with Gasteiger partial charge in [-0.25, -0.2) is 4.98 Å². The number of benzene rings is 1. The molecule has 21 heavy (non-hydrogen) atoms. The number of aryl methyl sites for hydroxylation is 1. The highest BCUT2D eigenvalue weighted by Gasteiger charge is 2.03. The van der Waals surface area contributed by atoms with E-state index in [-0.39, 0.29) is 0 Å². The van der Waals surface area contributed by atoms with Crippen LogP contribution in [0.5, 0.6) is 5.75 Å². The molecule has 0 saturated heterocycles. The van der Waals surface area contributed by atoms with Gasteiger partial charge >= 0.3 is 0 Å². The monoisotopic (exact) mass is 287 g/mol. The van der Waals surface area contributed by atoms with E-state index in [1.165, 1.54) is 0 Å². The van der Waals surface area contributed by atoms with E-state index < -0.39 is 0 Å². The van der Waals surface area contributed by atoms with Gasteiger partial charge in [-0.3, -0.25) is 0 Å². The van der Waals surface area contributed by atoms with Gasteiger partial charge in [0, 0.05) is 11.9 Å². The van der Waals surface area contributed by atoms with Crippen LogP contribution in [-0.4, -0.2) is 27.5 Å². The van der Waals surface area contributed by atoms with Crippen LogP contribution in [0.15, 0.2) is 41.9 Å². The first-order valence-corrected chi connectivity index (χ1v) is 7.25. The molecule has 0 aliphatic rings. The van der Waals surface area contributed by atoms with Crippen LogP contribution in [0, 0.1) is 0 Å². The summed E-state index contributed by atoms with van der Waals surface area (Å²) in [4.78, 5) is 7.05. The molecular formula is C16H21N3O2. The standard InChI is InChI=1S/C16H21N3O2/c1-2-4-16(19-20)13-6-8-15(9-7-13)21-10-3-5-14-11-17-12-18-14/h6-9,11-12,20H,2-5,10H2,1H3,(H,17,18)/b19-16+. The normalized spacial score (nSPS) is 11.6. The van der Waals surface area contributed by atoms with E-state index in [2.05, 4.69) is 22.0 Å². The number of rotatable bonds is 8. The van der Waals surface area contributed by atoms with Crippen molar-refractivity contribution in [3.63, 3.8) is 0 Å². The van der Waals surface area contributed by atoms with Crippen molar-refractivity contribution in [3.05, 3.63) is 48.0 Å². The van der Waals surface area contributed by atoms with Gasteiger partial charge in [0.1, 0.15) is 5.75 Å². The Bertz CT molecular complexity index is 547. The zero-order valence-electron chi connectivity index (χ0n) is 12.2. The van der Waals surface area contributed by atoms with E-state index in [0.717, 1.165) is 42.7 Å². The number of ether oxygens (including phenoxy) is 1. The summed E-state index contributed by atoms with van der Waals surface area (Å²) in [5.41, 5.74) is 2.77. The molecule has 2 rings (SSSR count).